The number of unbranched alkanes of at least 4 members (excludes halogenated alkanes) is 16. The summed E-state index contributed by atoms with van der Waals surface area (Å²) in [6.45, 7) is 3.65. The normalized spacial score (nSPS) is 23.6. The molecule has 0 saturated carbocycles. The van der Waals surface area contributed by atoms with Gasteiger partial charge in [-0.1, -0.05) is 122 Å². The highest BCUT2D eigenvalue weighted by molar-refractivity contribution is 5.76. The Morgan fingerprint density at radius 3 is 1.89 bits per heavy atom. The van der Waals surface area contributed by atoms with E-state index in [9.17, 15) is 30.3 Å². The summed E-state index contributed by atoms with van der Waals surface area (Å²) in [5, 5.41) is 53.7. The number of nitrogens with one attached hydrogen (secondary N) is 1. The van der Waals surface area contributed by atoms with Crippen molar-refractivity contribution < 1.29 is 39.8 Å². The molecule has 0 aromatic carbocycles. The lowest BCUT2D eigenvalue weighted by Gasteiger charge is -2.40. The minimum Gasteiger partial charge on any atom is -0.394 e. The van der Waals surface area contributed by atoms with Crippen LogP contribution >= 0.6 is 0 Å². The lowest BCUT2D eigenvalue weighted by molar-refractivity contribution is -0.302. The van der Waals surface area contributed by atoms with Gasteiger partial charge in [-0.05, 0) is 38.5 Å². The molecule has 1 heterocycles. The molecular formula is C36H67NO8. The molecule has 264 valence electrons. The summed E-state index contributed by atoms with van der Waals surface area (Å²) in [5.41, 5.74) is 0. The third kappa shape index (κ3) is 19.8. The minimum absolute atomic E-state index is 0.186. The van der Waals surface area contributed by atoms with E-state index in [0.717, 1.165) is 44.9 Å². The van der Waals surface area contributed by atoms with E-state index in [1.165, 1.54) is 77.0 Å². The van der Waals surface area contributed by atoms with E-state index in [1.54, 1.807) is 6.08 Å². The van der Waals surface area contributed by atoms with Crippen molar-refractivity contribution in [2.24, 2.45) is 0 Å². The Bertz CT molecular complexity index is 761. The molecule has 0 aromatic rings. The first-order chi connectivity index (χ1) is 21.8. The second-order valence-corrected chi connectivity index (χ2v) is 12.7. The van der Waals surface area contributed by atoms with Gasteiger partial charge in [0.15, 0.2) is 6.29 Å². The third-order valence-corrected chi connectivity index (χ3v) is 8.50. The number of carbonyl (C=O) groups is 1. The molecule has 45 heavy (non-hydrogen) atoms. The van der Waals surface area contributed by atoms with Gasteiger partial charge < -0.3 is 40.3 Å². The first-order valence-corrected chi connectivity index (χ1v) is 18.1. The topological polar surface area (TPSA) is 149 Å². The van der Waals surface area contributed by atoms with Gasteiger partial charge in [-0.25, -0.2) is 0 Å². The number of allylic oxidation sites excluding steroid dienone is 3. The Kier molecular flexibility index (Phi) is 25.7. The molecule has 0 radical (unpaired) electrons. The zero-order chi connectivity index (χ0) is 33.1. The molecule has 9 heteroatoms. The minimum atomic E-state index is -1.56. The third-order valence-electron chi connectivity index (χ3n) is 8.50. The van der Waals surface area contributed by atoms with Crippen molar-refractivity contribution in [1.82, 2.24) is 5.32 Å². The van der Waals surface area contributed by atoms with E-state index in [0.29, 0.717) is 6.42 Å². The average molecular weight is 642 g/mol. The van der Waals surface area contributed by atoms with Crippen LogP contribution in [0.25, 0.3) is 0 Å². The average Bonchev–Trinajstić information content (AvgIpc) is 3.04. The summed E-state index contributed by atoms with van der Waals surface area (Å²) in [7, 11) is 0. The van der Waals surface area contributed by atoms with Gasteiger partial charge in [0.2, 0.25) is 5.91 Å². The molecule has 6 N–H and O–H groups in total. The van der Waals surface area contributed by atoms with E-state index in [4.69, 9.17) is 9.47 Å². The molecule has 1 rings (SSSR count). The molecule has 1 fully saturated rings. The van der Waals surface area contributed by atoms with E-state index < -0.39 is 49.5 Å². The lowest BCUT2D eigenvalue weighted by atomic mass is 9.99. The van der Waals surface area contributed by atoms with Gasteiger partial charge in [0.25, 0.3) is 0 Å². The summed E-state index contributed by atoms with van der Waals surface area (Å²) in [5.74, 6) is -0.186. The van der Waals surface area contributed by atoms with E-state index in [2.05, 4.69) is 31.3 Å². The number of amides is 1. The van der Waals surface area contributed by atoms with Crippen LogP contribution in [0.3, 0.4) is 0 Å². The highest BCUT2D eigenvalue weighted by Crippen LogP contribution is 2.22. The molecule has 0 aromatic heterocycles. The molecule has 1 saturated heterocycles. The number of hydrogen-bond donors (Lipinski definition) is 6. The first-order valence-electron chi connectivity index (χ1n) is 18.1. The number of aliphatic hydroxyl groups is 5. The molecule has 1 aliphatic rings. The molecule has 0 bridgehead atoms. The highest BCUT2D eigenvalue weighted by Gasteiger charge is 2.44. The second-order valence-electron chi connectivity index (χ2n) is 12.7. The fourth-order valence-electron chi connectivity index (χ4n) is 5.51. The Hall–Kier alpha value is -1.33. The van der Waals surface area contributed by atoms with Crippen LogP contribution in [0.4, 0.5) is 0 Å². The maximum absolute atomic E-state index is 12.8. The summed E-state index contributed by atoms with van der Waals surface area (Å²) in [4.78, 5) is 12.8. The lowest BCUT2D eigenvalue weighted by Crippen LogP contribution is -2.60. The van der Waals surface area contributed by atoms with Crippen molar-refractivity contribution in [1.29, 1.82) is 0 Å². The van der Waals surface area contributed by atoms with Gasteiger partial charge in [-0.15, -0.1) is 0 Å². The molecule has 9 nitrogen and oxygen atoms in total. The number of ether oxygens (including phenoxy) is 2. The standard InChI is InChI=1S/C36H67NO8/c1-3-5-7-9-11-13-14-15-16-18-19-21-23-25-30(39)29(28-44-36-35(43)34(42)33(41)31(27-38)45-36)37-32(40)26-24-22-20-17-12-10-8-6-4-2/h7,9,23,25,29-31,33-36,38-39,41-43H,3-6,8,10-22,24,26-28H2,1-2H3,(H,37,40)/b9-7+,25-23+/t29-,30+,31+,33+,34?,35?,36+/m0/s1. The zero-order valence-corrected chi connectivity index (χ0v) is 28.4. The summed E-state index contributed by atoms with van der Waals surface area (Å²) >= 11 is 0. The van der Waals surface area contributed by atoms with Crippen LogP contribution in [0.15, 0.2) is 24.3 Å². The predicted molar refractivity (Wildman–Crippen MR) is 180 cm³/mol. The van der Waals surface area contributed by atoms with Crippen LogP contribution < -0.4 is 5.32 Å². The second kappa shape index (κ2) is 27.8. The smallest absolute Gasteiger partial charge is 0.220 e. The van der Waals surface area contributed by atoms with Gasteiger partial charge in [-0.2, -0.15) is 0 Å². The van der Waals surface area contributed by atoms with Crippen molar-refractivity contribution in [3.8, 4) is 0 Å². The Balaban J connectivity index is 2.50. The predicted octanol–water partition coefficient (Wildman–Crippen LogP) is 5.60. The number of rotatable bonds is 28. The fraction of sp³-hybridized carbons (Fsp3) is 0.861. The van der Waals surface area contributed by atoms with Crippen LogP contribution in [0.2, 0.25) is 0 Å². The van der Waals surface area contributed by atoms with Crippen molar-refractivity contribution in [2.75, 3.05) is 13.2 Å². The van der Waals surface area contributed by atoms with E-state index in [-0.39, 0.29) is 12.5 Å². The Morgan fingerprint density at radius 1 is 0.733 bits per heavy atom. The summed E-state index contributed by atoms with van der Waals surface area (Å²) < 4.78 is 11.1. The molecule has 1 aliphatic heterocycles. The quantitative estimate of drug-likeness (QED) is 0.0478. The largest absolute Gasteiger partial charge is 0.394 e. The summed E-state index contributed by atoms with van der Waals surface area (Å²) in [6, 6.07) is -0.800. The highest BCUT2D eigenvalue weighted by atomic mass is 16.7. The maximum atomic E-state index is 12.8. The van der Waals surface area contributed by atoms with Gasteiger partial charge >= 0.3 is 0 Å². The molecule has 0 spiro atoms. The van der Waals surface area contributed by atoms with Gasteiger partial charge in [-0.3, -0.25) is 4.79 Å². The zero-order valence-electron chi connectivity index (χ0n) is 28.4. The van der Waals surface area contributed by atoms with Gasteiger partial charge in [0.05, 0.1) is 25.4 Å². The Morgan fingerprint density at radius 2 is 1.29 bits per heavy atom. The molecular weight excluding hydrogens is 574 g/mol. The SMILES string of the molecule is CCC/C=C/CCCCCCCC/C=C/[C@@H](O)[C@H](CO[C@@H]1O[C@H](CO)[C@@H](O)C(O)C1O)NC(=O)CCCCCCCCCCC. The van der Waals surface area contributed by atoms with Crippen LogP contribution in [-0.4, -0.2) is 87.5 Å². The van der Waals surface area contributed by atoms with Gasteiger partial charge in [0, 0.05) is 6.42 Å². The summed E-state index contributed by atoms with van der Waals surface area (Å²) in [6.07, 6.45) is 22.2. The van der Waals surface area contributed by atoms with E-state index in [1.807, 2.05) is 6.08 Å². The van der Waals surface area contributed by atoms with Crippen LogP contribution in [0, 0.1) is 0 Å². The van der Waals surface area contributed by atoms with Crippen LogP contribution in [-0.2, 0) is 14.3 Å². The van der Waals surface area contributed by atoms with E-state index >= 15 is 0 Å². The maximum Gasteiger partial charge on any atom is 0.220 e. The van der Waals surface area contributed by atoms with Crippen molar-refractivity contribution in [2.45, 2.75) is 185 Å². The number of aliphatic hydroxyl groups excluding tert-OH is 5. The molecule has 2 unspecified atom stereocenters. The van der Waals surface area contributed by atoms with Crippen molar-refractivity contribution in [3.05, 3.63) is 24.3 Å². The van der Waals surface area contributed by atoms with Crippen molar-refractivity contribution >= 4 is 5.91 Å². The number of carbonyl (C=O) groups excluding carboxylic acids is 1. The van der Waals surface area contributed by atoms with Crippen LogP contribution in [0.5, 0.6) is 0 Å². The monoisotopic (exact) mass is 641 g/mol. The molecule has 7 atom stereocenters. The fourth-order valence-corrected chi connectivity index (χ4v) is 5.51. The number of hydrogen-bond acceptors (Lipinski definition) is 8. The van der Waals surface area contributed by atoms with Crippen LogP contribution in [0.1, 0.15) is 142 Å². The first kappa shape index (κ1) is 41.7. The molecule has 0 aliphatic carbocycles. The molecule has 1 amide bonds. The van der Waals surface area contributed by atoms with Gasteiger partial charge in [0.1, 0.15) is 24.4 Å². The van der Waals surface area contributed by atoms with Crippen molar-refractivity contribution in [3.63, 3.8) is 0 Å². The Labute approximate surface area is 273 Å².